The Morgan fingerprint density at radius 3 is 2.47 bits per heavy atom. The Morgan fingerprint density at radius 2 is 1.63 bits per heavy atom. The molecular formula is C17H12OS. The highest BCUT2D eigenvalue weighted by atomic mass is 32.1. The van der Waals surface area contributed by atoms with Gasteiger partial charge in [-0.15, -0.1) is 11.3 Å². The van der Waals surface area contributed by atoms with E-state index in [1.54, 1.807) is 0 Å². The number of aliphatic hydroxyl groups is 1. The molecule has 1 aromatic heterocycles. The van der Waals surface area contributed by atoms with Gasteiger partial charge in [0.25, 0.3) is 0 Å². The molecule has 4 rings (SSSR count). The molecule has 0 atom stereocenters. The van der Waals surface area contributed by atoms with E-state index in [2.05, 4.69) is 48.5 Å². The summed E-state index contributed by atoms with van der Waals surface area (Å²) >= 11 is 1.81. The van der Waals surface area contributed by atoms with Gasteiger partial charge in [-0.1, -0.05) is 42.5 Å². The molecule has 0 amide bonds. The minimum atomic E-state index is 0.0854. The van der Waals surface area contributed by atoms with Gasteiger partial charge in [0.1, 0.15) is 0 Å². The Hall–Kier alpha value is -1.90. The smallest absolute Gasteiger partial charge is 0.0688 e. The lowest BCUT2D eigenvalue weighted by molar-refractivity contribution is 0.283. The summed E-state index contributed by atoms with van der Waals surface area (Å²) in [5, 5.41) is 14.6. The number of aliphatic hydroxyl groups excluding tert-OH is 1. The van der Waals surface area contributed by atoms with Gasteiger partial charge in [-0.25, -0.2) is 0 Å². The molecule has 1 nitrogen and oxygen atoms in total. The van der Waals surface area contributed by atoms with Crippen molar-refractivity contribution >= 4 is 42.3 Å². The van der Waals surface area contributed by atoms with E-state index in [9.17, 15) is 5.11 Å². The van der Waals surface area contributed by atoms with Crippen LogP contribution >= 0.6 is 11.3 Å². The first-order valence-corrected chi connectivity index (χ1v) is 7.13. The number of fused-ring (bicyclic) bond motifs is 5. The molecule has 1 N–H and O–H groups in total. The SMILES string of the molecule is OCc1cc2ccccc2c2sc3ccccc3c12. The molecule has 0 saturated heterocycles. The third kappa shape index (κ3) is 1.51. The van der Waals surface area contributed by atoms with Crippen molar-refractivity contribution < 1.29 is 5.11 Å². The standard InChI is InChI=1S/C17H12OS/c18-10-12-9-11-5-1-2-6-13(11)17-16(12)14-7-3-4-8-15(14)19-17/h1-9,18H,10H2. The van der Waals surface area contributed by atoms with Crippen molar-refractivity contribution in [2.24, 2.45) is 0 Å². The van der Waals surface area contributed by atoms with Crippen LogP contribution in [0.5, 0.6) is 0 Å². The predicted molar refractivity (Wildman–Crippen MR) is 82.8 cm³/mol. The average Bonchev–Trinajstić information content (AvgIpc) is 2.86. The fourth-order valence-electron chi connectivity index (χ4n) is 2.77. The summed E-state index contributed by atoms with van der Waals surface area (Å²) in [5.41, 5.74) is 1.02. The zero-order valence-electron chi connectivity index (χ0n) is 10.3. The minimum Gasteiger partial charge on any atom is -0.392 e. The van der Waals surface area contributed by atoms with Gasteiger partial charge in [-0.3, -0.25) is 0 Å². The highest BCUT2D eigenvalue weighted by Gasteiger charge is 2.11. The summed E-state index contributed by atoms with van der Waals surface area (Å²) in [6.07, 6.45) is 0. The molecule has 0 radical (unpaired) electrons. The Balaban J connectivity index is 2.34. The maximum atomic E-state index is 9.68. The number of thiophene rings is 1. The summed E-state index contributed by atoms with van der Waals surface area (Å²) in [6.45, 7) is 0.0854. The minimum absolute atomic E-state index is 0.0854. The van der Waals surface area contributed by atoms with E-state index < -0.39 is 0 Å². The molecule has 2 heteroatoms. The molecule has 0 spiro atoms. The molecule has 92 valence electrons. The van der Waals surface area contributed by atoms with Crippen LogP contribution in [0.1, 0.15) is 5.56 Å². The van der Waals surface area contributed by atoms with Crippen molar-refractivity contribution in [2.75, 3.05) is 0 Å². The molecule has 3 aromatic carbocycles. The van der Waals surface area contributed by atoms with Crippen molar-refractivity contribution in [1.82, 2.24) is 0 Å². The molecule has 0 saturated carbocycles. The fourth-order valence-corrected chi connectivity index (χ4v) is 4.05. The van der Waals surface area contributed by atoms with Crippen molar-refractivity contribution in [1.29, 1.82) is 0 Å². The van der Waals surface area contributed by atoms with E-state index >= 15 is 0 Å². The third-order valence-electron chi connectivity index (χ3n) is 3.62. The molecule has 0 unspecified atom stereocenters. The number of hydrogen-bond acceptors (Lipinski definition) is 2. The monoisotopic (exact) mass is 264 g/mol. The van der Waals surface area contributed by atoms with Gasteiger partial charge in [-0.2, -0.15) is 0 Å². The molecule has 4 aromatic rings. The van der Waals surface area contributed by atoms with E-state index in [-0.39, 0.29) is 6.61 Å². The lowest BCUT2D eigenvalue weighted by Gasteiger charge is -2.05. The maximum absolute atomic E-state index is 9.68. The van der Waals surface area contributed by atoms with Crippen LogP contribution in [0.3, 0.4) is 0 Å². The van der Waals surface area contributed by atoms with Gasteiger partial charge < -0.3 is 5.11 Å². The molecule has 0 aliphatic heterocycles. The van der Waals surface area contributed by atoms with Crippen molar-refractivity contribution in [3.63, 3.8) is 0 Å². The van der Waals surface area contributed by atoms with Crippen LogP contribution < -0.4 is 0 Å². The summed E-state index contributed by atoms with van der Waals surface area (Å²) in [4.78, 5) is 0. The average molecular weight is 264 g/mol. The zero-order chi connectivity index (χ0) is 12.8. The second kappa shape index (κ2) is 4.05. The molecular weight excluding hydrogens is 252 g/mol. The number of rotatable bonds is 1. The summed E-state index contributed by atoms with van der Waals surface area (Å²) in [5.74, 6) is 0. The topological polar surface area (TPSA) is 20.2 Å². The predicted octanol–water partition coefficient (Wildman–Crippen LogP) is 4.70. The van der Waals surface area contributed by atoms with Crippen LogP contribution in [0.25, 0.3) is 30.9 Å². The number of hydrogen-bond donors (Lipinski definition) is 1. The zero-order valence-corrected chi connectivity index (χ0v) is 11.1. The molecule has 19 heavy (non-hydrogen) atoms. The lowest BCUT2D eigenvalue weighted by atomic mass is 10.0. The molecule has 0 aliphatic carbocycles. The van der Waals surface area contributed by atoms with Crippen molar-refractivity contribution in [3.8, 4) is 0 Å². The highest BCUT2D eigenvalue weighted by Crippen LogP contribution is 2.40. The van der Waals surface area contributed by atoms with Crippen LogP contribution in [0, 0.1) is 0 Å². The van der Waals surface area contributed by atoms with E-state index in [1.807, 2.05) is 17.4 Å². The summed E-state index contributed by atoms with van der Waals surface area (Å²) in [7, 11) is 0. The lowest BCUT2D eigenvalue weighted by Crippen LogP contribution is -1.85. The molecule has 0 aliphatic rings. The van der Waals surface area contributed by atoms with E-state index in [4.69, 9.17) is 0 Å². The summed E-state index contributed by atoms with van der Waals surface area (Å²) < 4.78 is 2.56. The maximum Gasteiger partial charge on any atom is 0.0688 e. The van der Waals surface area contributed by atoms with E-state index in [0.29, 0.717) is 0 Å². The van der Waals surface area contributed by atoms with Crippen LogP contribution in [0.4, 0.5) is 0 Å². The Kier molecular flexibility index (Phi) is 2.34. The van der Waals surface area contributed by atoms with E-state index in [1.165, 1.54) is 30.9 Å². The Bertz CT molecular complexity index is 905. The molecule has 0 fully saturated rings. The van der Waals surface area contributed by atoms with Gasteiger partial charge in [-0.05, 0) is 28.5 Å². The normalized spacial score (nSPS) is 11.6. The second-order valence-electron chi connectivity index (χ2n) is 4.72. The second-order valence-corrected chi connectivity index (χ2v) is 5.77. The van der Waals surface area contributed by atoms with Crippen LogP contribution in [-0.2, 0) is 6.61 Å². The molecule has 1 heterocycles. The first-order valence-electron chi connectivity index (χ1n) is 6.31. The van der Waals surface area contributed by atoms with Gasteiger partial charge in [0.05, 0.1) is 6.61 Å². The quantitative estimate of drug-likeness (QED) is 0.528. The van der Waals surface area contributed by atoms with Crippen LogP contribution in [0.15, 0.2) is 54.6 Å². The summed E-state index contributed by atoms with van der Waals surface area (Å²) in [6, 6.07) is 18.9. The highest BCUT2D eigenvalue weighted by molar-refractivity contribution is 7.26. The van der Waals surface area contributed by atoms with Gasteiger partial charge in [0.2, 0.25) is 0 Å². The fraction of sp³-hybridized carbons (Fsp3) is 0.0588. The molecule has 0 bridgehead atoms. The van der Waals surface area contributed by atoms with Crippen LogP contribution in [0.2, 0.25) is 0 Å². The van der Waals surface area contributed by atoms with Gasteiger partial charge >= 0.3 is 0 Å². The number of benzene rings is 3. The Labute approximate surface area is 114 Å². The van der Waals surface area contributed by atoms with Crippen LogP contribution in [-0.4, -0.2) is 5.11 Å². The third-order valence-corrected chi connectivity index (χ3v) is 4.83. The first-order chi connectivity index (χ1) is 9.38. The van der Waals surface area contributed by atoms with Crippen molar-refractivity contribution in [3.05, 3.63) is 60.2 Å². The first kappa shape index (κ1) is 11.0. The van der Waals surface area contributed by atoms with E-state index in [0.717, 1.165) is 5.56 Å². The largest absolute Gasteiger partial charge is 0.392 e. The van der Waals surface area contributed by atoms with Gasteiger partial charge in [0, 0.05) is 20.2 Å². The van der Waals surface area contributed by atoms with Crippen molar-refractivity contribution in [2.45, 2.75) is 6.61 Å². The Morgan fingerprint density at radius 1 is 0.895 bits per heavy atom. The van der Waals surface area contributed by atoms with Gasteiger partial charge in [0.15, 0.2) is 0 Å².